The van der Waals surface area contributed by atoms with E-state index < -0.39 is 23.6 Å². The van der Waals surface area contributed by atoms with Crippen molar-refractivity contribution >= 4 is 64.3 Å². The normalized spacial score (nSPS) is 10.4. The average molecular weight is 668 g/mol. The Morgan fingerprint density at radius 1 is 0.440 bits per heavy atom. The number of rotatable bonds is 10. The summed E-state index contributed by atoms with van der Waals surface area (Å²) in [6.07, 6.45) is 0.669. The number of carbonyl (C=O) groups excluding carboxylic acids is 6. The molecule has 0 fully saturated rings. The van der Waals surface area contributed by atoms with Crippen molar-refractivity contribution in [2.75, 3.05) is 26.6 Å². The number of anilines is 5. The number of aldehydes is 1. The van der Waals surface area contributed by atoms with E-state index in [-0.39, 0.29) is 22.6 Å². The number of amides is 5. The van der Waals surface area contributed by atoms with Crippen LogP contribution in [0.2, 0.25) is 0 Å². The Morgan fingerprint density at radius 2 is 0.820 bits per heavy atom. The zero-order chi connectivity index (χ0) is 35.8. The molecule has 0 aliphatic rings. The molecule has 5 aromatic carbocycles. The highest BCUT2D eigenvalue weighted by Gasteiger charge is 2.18. The average Bonchev–Trinajstić information content (AvgIpc) is 3.07. The van der Waals surface area contributed by atoms with Gasteiger partial charge < -0.3 is 26.6 Å². The minimum Gasteiger partial charge on any atom is -0.326 e. The van der Waals surface area contributed by atoms with Gasteiger partial charge in [-0.15, -0.1) is 0 Å². The molecule has 0 unspecified atom stereocenters. The predicted molar refractivity (Wildman–Crippen MR) is 193 cm³/mol. The molecule has 0 spiro atoms. The number of hydrogen-bond acceptors (Lipinski definition) is 6. The molecule has 0 atom stereocenters. The van der Waals surface area contributed by atoms with Crippen molar-refractivity contribution in [3.63, 3.8) is 0 Å². The van der Waals surface area contributed by atoms with Crippen molar-refractivity contribution in [3.8, 4) is 0 Å². The number of hydrogen-bond donors (Lipinski definition) is 5. The van der Waals surface area contributed by atoms with Gasteiger partial charge in [-0.05, 0) is 110 Å². The van der Waals surface area contributed by atoms with E-state index in [0.717, 1.165) is 11.1 Å². The lowest BCUT2D eigenvalue weighted by Gasteiger charge is -2.13. The van der Waals surface area contributed by atoms with Gasteiger partial charge in [-0.2, -0.15) is 0 Å². The van der Waals surface area contributed by atoms with Crippen LogP contribution in [0.5, 0.6) is 0 Å². The van der Waals surface area contributed by atoms with Crippen LogP contribution in [0.3, 0.4) is 0 Å². The van der Waals surface area contributed by atoms with E-state index in [1.807, 2.05) is 13.0 Å². The SMILES string of the molecule is CC(=O)Nc1cccc(NC(=O)c2cc(C(=O)Nc3cccc(C)c3)cc(C(=O)Nc3cccc(NC(=O)c4cc(C)cc(C=O)c4)c3)c2)c1. The Morgan fingerprint density at radius 3 is 1.22 bits per heavy atom. The summed E-state index contributed by atoms with van der Waals surface area (Å²) in [5, 5.41) is 13.7. The lowest BCUT2D eigenvalue weighted by atomic mass is 10.0. The van der Waals surface area contributed by atoms with Gasteiger partial charge in [0.15, 0.2) is 0 Å². The molecular formula is C39H33N5O6. The predicted octanol–water partition coefficient (Wildman–Crippen LogP) is 7.08. The van der Waals surface area contributed by atoms with Gasteiger partial charge in [-0.1, -0.05) is 24.3 Å². The van der Waals surface area contributed by atoms with Gasteiger partial charge in [0, 0.05) is 63.2 Å². The molecular weight excluding hydrogens is 634 g/mol. The molecule has 0 aliphatic carbocycles. The molecule has 50 heavy (non-hydrogen) atoms. The Hall–Kier alpha value is -6.88. The molecule has 0 aliphatic heterocycles. The van der Waals surface area contributed by atoms with Crippen LogP contribution in [-0.2, 0) is 4.79 Å². The number of benzene rings is 5. The van der Waals surface area contributed by atoms with Crippen molar-refractivity contribution in [3.05, 3.63) is 148 Å². The van der Waals surface area contributed by atoms with E-state index in [1.165, 1.54) is 31.2 Å². The number of aryl methyl sites for hydroxylation is 2. The van der Waals surface area contributed by atoms with Gasteiger partial charge in [0.1, 0.15) is 6.29 Å². The Labute approximate surface area is 288 Å². The van der Waals surface area contributed by atoms with Crippen molar-refractivity contribution in [1.82, 2.24) is 0 Å². The highest BCUT2D eigenvalue weighted by Crippen LogP contribution is 2.22. The van der Waals surface area contributed by atoms with Crippen LogP contribution in [0.4, 0.5) is 28.4 Å². The number of carbonyl (C=O) groups is 6. The zero-order valence-electron chi connectivity index (χ0n) is 27.4. The third-order valence-corrected chi connectivity index (χ3v) is 7.31. The van der Waals surface area contributed by atoms with Gasteiger partial charge in [-0.3, -0.25) is 28.8 Å². The fraction of sp³-hybridized carbons (Fsp3) is 0.0769. The molecule has 250 valence electrons. The summed E-state index contributed by atoms with van der Waals surface area (Å²) in [6, 6.07) is 29.1. The second-order valence-electron chi connectivity index (χ2n) is 11.6. The second kappa shape index (κ2) is 15.3. The van der Waals surface area contributed by atoms with Crippen LogP contribution in [0.15, 0.2) is 109 Å². The van der Waals surface area contributed by atoms with Gasteiger partial charge in [0.2, 0.25) is 5.91 Å². The Balaban J connectivity index is 1.40. The molecule has 5 rings (SSSR count). The van der Waals surface area contributed by atoms with E-state index >= 15 is 0 Å². The van der Waals surface area contributed by atoms with E-state index in [9.17, 15) is 28.8 Å². The van der Waals surface area contributed by atoms with Crippen molar-refractivity contribution in [1.29, 1.82) is 0 Å². The summed E-state index contributed by atoms with van der Waals surface area (Å²) in [4.78, 5) is 76.2. The quantitative estimate of drug-likeness (QED) is 0.1000. The summed E-state index contributed by atoms with van der Waals surface area (Å²) in [6.45, 7) is 5.03. The van der Waals surface area contributed by atoms with Crippen LogP contribution < -0.4 is 26.6 Å². The fourth-order valence-corrected chi connectivity index (χ4v) is 5.12. The molecule has 0 saturated heterocycles. The van der Waals surface area contributed by atoms with Gasteiger partial charge in [0.05, 0.1) is 0 Å². The lowest BCUT2D eigenvalue weighted by Crippen LogP contribution is -2.19. The van der Waals surface area contributed by atoms with Crippen molar-refractivity contribution < 1.29 is 28.8 Å². The van der Waals surface area contributed by atoms with Crippen molar-refractivity contribution in [2.24, 2.45) is 0 Å². The molecule has 11 nitrogen and oxygen atoms in total. The maximum absolute atomic E-state index is 13.6. The van der Waals surface area contributed by atoms with E-state index in [1.54, 1.807) is 85.8 Å². The van der Waals surface area contributed by atoms with Gasteiger partial charge in [-0.25, -0.2) is 0 Å². The molecule has 0 heterocycles. The first kappa shape index (κ1) is 34.5. The molecule has 0 bridgehead atoms. The summed E-state index contributed by atoms with van der Waals surface area (Å²) >= 11 is 0. The van der Waals surface area contributed by atoms with Crippen LogP contribution in [0, 0.1) is 13.8 Å². The largest absolute Gasteiger partial charge is 0.326 e. The monoisotopic (exact) mass is 667 g/mol. The Kier molecular flexibility index (Phi) is 10.6. The second-order valence-corrected chi connectivity index (χ2v) is 11.6. The summed E-state index contributed by atoms with van der Waals surface area (Å²) in [5.41, 5.74) is 4.59. The minimum absolute atomic E-state index is 0.0228. The lowest BCUT2D eigenvalue weighted by molar-refractivity contribution is -0.114. The first-order chi connectivity index (χ1) is 23.9. The minimum atomic E-state index is -0.616. The highest BCUT2D eigenvalue weighted by molar-refractivity contribution is 6.13. The van der Waals surface area contributed by atoms with Crippen LogP contribution in [0.25, 0.3) is 0 Å². The van der Waals surface area contributed by atoms with Gasteiger partial charge in [0.25, 0.3) is 23.6 Å². The van der Waals surface area contributed by atoms with Gasteiger partial charge >= 0.3 is 0 Å². The van der Waals surface area contributed by atoms with E-state index in [0.29, 0.717) is 45.8 Å². The van der Waals surface area contributed by atoms with Crippen LogP contribution >= 0.6 is 0 Å². The van der Waals surface area contributed by atoms with E-state index in [4.69, 9.17) is 0 Å². The smallest absolute Gasteiger partial charge is 0.255 e. The topological polar surface area (TPSA) is 163 Å². The van der Waals surface area contributed by atoms with E-state index in [2.05, 4.69) is 26.6 Å². The molecule has 0 aromatic heterocycles. The van der Waals surface area contributed by atoms with Crippen molar-refractivity contribution in [2.45, 2.75) is 20.8 Å². The molecule has 5 aromatic rings. The first-order valence-electron chi connectivity index (χ1n) is 15.5. The molecule has 5 amide bonds. The third-order valence-electron chi connectivity index (χ3n) is 7.31. The fourth-order valence-electron chi connectivity index (χ4n) is 5.12. The third kappa shape index (κ3) is 9.14. The highest BCUT2D eigenvalue weighted by atomic mass is 16.2. The summed E-state index contributed by atoms with van der Waals surface area (Å²) in [5.74, 6) is -2.46. The summed E-state index contributed by atoms with van der Waals surface area (Å²) in [7, 11) is 0. The van der Waals surface area contributed by atoms with Crippen LogP contribution in [-0.4, -0.2) is 35.8 Å². The summed E-state index contributed by atoms with van der Waals surface area (Å²) < 4.78 is 0. The molecule has 0 saturated carbocycles. The molecule has 11 heteroatoms. The maximum atomic E-state index is 13.6. The standard InChI is InChI=1S/C39H33N5O6/c1-23-7-4-8-31(15-23)41-37(48)28-17-29(38(49)43-33-10-5-9-32(20-33)40-25(3)46)19-30(18-28)39(50)44-35-12-6-11-34(21-35)42-36(47)27-14-24(2)13-26(16-27)22-45/h4-22H,1-3H3,(H,40,46)(H,41,48)(H,42,47)(H,43,49)(H,44,50). The molecule has 5 N–H and O–H groups in total. The molecule has 0 radical (unpaired) electrons. The maximum Gasteiger partial charge on any atom is 0.255 e. The first-order valence-corrected chi connectivity index (χ1v) is 15.5. The van der Waals surface area contributed by atoms with Crippen LogP contribution in [0.1, 0.15) is 69.8 Å². The zero-order valence-corrected chi connectivity index (χ0v) is 27.4. The Bertz CT molecular complexity index is 2160. The number of nitrogens with one attached hydrogen (secondary N) is 5.